The van der Waals surface area contributed by atoms with Gasteiger partial charge in [-0.2, -0.15) is 5.10 Å². The third kappa shape index (κ3) is 3.30. The molecule has 1 atom stereocenters. The monoisotopic (exact) mass is 301 g/mol. The minimum absolute atomic E-state index is 0.1000. The van der Waals surface area contributed by atoms with Crippen molar-refractivity contribution in [2.75, 3.05) is 14.2 Å². The highest BCUT2D eigenvalue weighted by Crippen LogP contribution is 2.28. The number of aryl methyl sites for hydroxylation is 1. The van der Waals surface area contributed by atoms with Crippen molar-refractivity contribution in [1.82, 2.24) is 15.1 Å². The van der Waals surface area contributed by atoms with Gasteiger partial charge in [0.05, 0.1) is 13.2 Å². The van der Waals surface area contributed by atoms with Gasteiger partial charge in [0.1, 0.15) is 11.4 Å². The average molecular weight is 301 g/mol. The van der Waals surface area contributed by atoms with E-state index in [-0.39, 0.29) is 11.9 Å². The first-order valence-electron chi connectivity index (χ1n) is 7.52. The van der Waals surface area contributed by atoms with Gasteiger partial charge in [0.2, 0.25) is 0 Å². The van der Waals surface area contributed by atoms with Crippen LogP contribution in [0.3, 0.4) is 0 Å². The van der Waals surface area contributed by atoms with Crippen LogP contribution >= 0.6 is 0 Å². The molecule has 1 N–H and O–H groups in total. The lowest BCUT2D eigenvalue weighted by Gasteiger charge is -2.25. The molecule has 118 valence electrons. The Bertz CT molecular complexity index is 636. The Kier molecular flexibility index (Phi) is 5.20. The Labute approximate surface area is 131 Å². The Morgan fingerprint density at radius 2 is 2.14 bits per heavy atom. The first kappa shape index (κ1) is 16.1. The van der Waals surface area contributed by atoms with Gasteiger partial charge in [-0.1, -0.05) is 31.5 Å². The molecule has 2 aromatic rings. The van der Waals surface area contributed by atoms with E-state index in [1.54, 1.807) is 19.1 Å². The van der Waals surface area contributed by atoms with E-state index < -0.39 is 0 Å². The summed E-state index contributed by atoms with van der Waals surface area (Å²) in [6.45, 7) is 4.08. The number of aromatic nitrogens is 2. The van der Waals surface area contributed by atoms with Gasteiger partial charge in [0.15, 0.2) is 0 Å². The highest BCUT2D eigenvalue weighted by Gasteiger charge is 2.23. The minimum atomic E-state index is -0.102. The number of para-hydroxylation sites is 1. The maximum absolute atomic E-state index is 12.6. The molecule has 0 spiro atoms. The number of rotatable bonds is 6. The highest BCUT2D eigenvalue weighted by molar-refractivity contribution is 5.92. The van der Waals surface area contributed by atoms with E-state index >= 15 is 0 Å². The molecule has 0 aliphatic heterocycles. The van der Waals surface area contributed by atoms with E-state index in [2.05, 4.69) is 17.1 Å². The molecule has 0 unspecified atom stereocenters. The van der Waals surface area contributed by atoms with Gasteiger partial charge in [-0.25, -0.2) is 0 Å². The summed E-state index contributed by atoms with van der Waals surface area (Å²) in [5.74, 6) is 0.681. The zero-order valence-corrected chi connectivity index (χ0v) is 13.6. The number of methoxy groups -OCH3 is 1. The maximum Gasteiger partial charge on any atom is 0.274 e. The zero-order chi connectivity index (χ0) is 16.1. The number of benzene rings is 1. The summed E-state index contributed by atoms with van der Waals surface area (Å²) in [5, 5.41) is 7.05. The summed E-state index contributed by atoms with van der Waals surface area (Å²) in [7, 11) is 3.42. The van der Waals surface area contributed by atoms with Crippen molar-refractivity contribution in [1.29, 1.82) is 0 Å². The smallest absolute Gasteiger partial charge is 0.274 e. The van der Waals surface area contributed by atoms with Crippen molar-refractivity contribution < 1.29 is 9.53 Å². The van der Waals surface area contributed by atoms with E-state index in [1.807, 2.05) is 37.3 Å². The van der Waals surface area contributed by atoms with E-state index in [1.165, 1.54) is 0 Å². The molecule has 0 fully saturated rings. The minimum Gasteiger partial charge on any atom is -0.496 e. The van der Waals surface area contributed by atoms with Gasteiger partial charge in [0.25, 0.3) is 5.91 Å². The van der Waals surface area contributed by atoms with Crippen LogP contribution in [0.1, 0.15) is 48.1 Å². The quantitative estimate of drug-likeness (QED) is 0.891. The fourth-order valence-electron chi connectivity index (χ4n) is 2.45. The summed E-state index contributed by atoms with van der Waals surface area (Å²) >= 11 is 0. The number of ether oxygens (including phenoxy) is 1. The van der Waals surface area contributed by atoms with Crippen molar-refractivity contribution in [2.24, 2.45) is 0 Å². The largest absolute Gasteiger partial charge is 0.496 e. The second kappa shape index (κ2) is 7.11. The first-order chi connectivity index (χ1) is 10.6. The van der Waals surface area contributed by atoms with Crippen LogP contribution in [-0.4, -0.2) is 35.2 Å². The lowest BCUT2D eigenvalue weighted by Crippen LogP contribution is -2.30. The van der Waals surface area contributed by atoms with Gasteiger partial charge in [-0.15, -0.1) is 0 Å². The number of carbonyl (C=O) groups excluding carboxylic acids is 1. The second-order valence-corrected chi connectivity index (χ2v) is 5.36. The summed E-state index contributed by atoms with van der Waals surface area (Å²) in [4.78, 5) is 14.3. The molecule has 1 aromatic carbocycles. The molecule has 0 radical (unpaired) electrons. The Morgan fingerprint density at radius 1 is 1.41 bits per heavy atom. The molecule has 0 saturated carbocycles. The van der Waals surface area contributed by atoms with Crippen LogP contribution in [0.15, 0.2) is 30.3 Å². The van der Waals surface area contributed by atoms with Crippen LogP contribution in [0, 0.1) is 0 Å². The molecular formula is C17H23N3O2. The molecule has 5 heteroatoms. The first-order valence-corrected chi connectivity index (χ1v) is 7.52. The molecule has 2 rings (SSSR count). The molecule has 1 aromatic heterocycles. The molecular weight excluding hydrogens is 278 g/mol. The lowest BCUT2D eigenvalue weighted by atomic mass is 10.1. The molecule has 5 nitrogen and oxygen atoms in total. The van der Waals surface area contributed by atoms with Crippen molar-refractivity contribution in [3.8, 4) is 5.75 Å². The van der Waals surface area contributed by atoms with Gasteiger partial charge >= 0.3 is 0 Å². The third-order valence-electron chi connectivity index (χ3n) is 3.86. The van der Waals surface area contributed by atoms with Crippen molar-refractivity contribution in [3.05, 3.63) is 47.3 Å². The van der Waals surface area contributed by atoms with E-state index in [0.29, 0.717) is 5.69 Å². The number of H-pyrrole nitrogens is 1. The van der Waals surface area contributed by atoms with E-state index in [4.69, 9.17) is 4.74 Å². The summed E-state index contributed by atoms with van der Waals surface area (Å²) < 4.78 is 5.38. The van der Waals surface area contributed by atoms with Gasteiger partial charge in [-0.3, -0.25) is 9.89 Å². The molecule has 0 aliphatic rings. The molecule has 0 aliphatic carbocycles. The third-order valence-corrected chi connectivity index (χ3v) is 3.86. The SMILES string of the molecule is CCCc1cc(C(=O)N(C)[C@@H](C)c2ccccc2OC)n[nH]1. The number of nitrogens with zero attached hydrogens (tertiary/aromatic N) is 2. The predicted octanol–water partition coefficient (Wildman–Crippen LogP) is 3.20. The fraction of sp³-hybridized carbons (Fsp3) is 0.412. The Balaban J connectivity index is 2.18. The number of hydrogen-bond donors (Lipinski definition) is 1. The second-order valence-electron chi connectivity index (χ2n) is 5.36. The lowest BCUT2D eigenvalue weighted by molar-refractivity contribution is 0.0735. The molecule has 0 bridgehead atoms. The molecule has 0 saturated heterocycles. The van der Waals surface area contributed by atoms with Crippen LogP contribution in [0.4, 0.5) is 0 Å². The van der Waals surface area contributed by atoms with Crippen LogP contribution < -0.4 is 4.74 Å². The van der Waals surface area contributed by atoms with Crippen LogP contribution in [0.5, 0.6) is 5.75 Å². The van der Waals surface area contributed by atoms with E-state index in [0.717, 1.165) is 29.8 Å². The van der Waals surface area contributed by atoms with Crippen molar-refractivity contribution in [2.45, 2.75) is 32.7 Å². The normalized spacial score (nSPS) is 12.0. The average Bonchev–Trinajstić information content (AvgIpc) is 3.01. The molecule has 1 amide bonds. The standard InChI is InChI=1S/C17H23N3O2/c1-5-8-13-11-15(19-18-13)17(21)20(3)12(2)14-9-6-7-10-16(14)22-4/h6-7,9-12H,5,8H2,1-4H3,(H,18,19)/t12-/m0/s1. The van der Waals surface area contributed by atoms with Crippen LogP contribution in [0.25, 0.3) is 0 Å². The van der Waals surface area contributed by atoms with Crippen molar-refractivity contribution in [3.63, 3.8) is 0 Å². The summed E-state index contributed by atoms with van der Waals surface area (Å²) in [6.07, 6.45) is 1.91. The topological polar surface area (TPSA) is 58.2 Å². The van der Waals surface area contributed by atoms with Gasteiger partial charge in [-0.05, 0) is 25.5 Å². The summed E-state index contributed by atoms with van der Waals surface area (Å²) in [6, 6.07) is 9.47. The number of aromatic amines is 1. The highest BCUT2D eigenvalue weighted by atomic mass is 16.5. The predicted molar refractivity (Wildman–Crippen MR) is 86.1 cm³/mol. The number of amides is 1. The fourth-order valence-corrected chi connectivity index (χ4v) is 2.45. The summed E-state index contributed by atoms with van der Waals surface area (Å²) in [5.41, 5.74) is 2.42. The zero-order valence-electron chi connectivity index (χ0n) is 13.6. The molecule has 1 heterocycles. The van der Waals surface area contributed by atoms with Crippen LogP contribution in [0.2, 0.25) is 0 Å². The number of nitrogens with one attached hydrogen (secondary N) is 1. The molecule has 22 heavy (non-hydrogen) atoms. The van der Waals surface area contributed by atoms with Gasteiger partial charge < -0.3 is 9.64 Å². The number of hydrogen-bond acceptors (Lipinski definition) is 3. The van der Waals surface area contributed by atoms with Crippen molar-refractivity contribution >= 4 is 5.91 Å². The van der Waals surface area contributed by atoms with E-state index in [9.17, 15) is 4.79 Å². The Morgan fingerprint density at radius 3 is 2.82 bits per heavy atom. The van der Waals surface area contributed by atoms with Crippen LogP contribution in [-0.2, 0) is 6.42 Å². The Hall–Kier alpha value is -2.30. The number of carbonyl (C=O) groups is 1. The maximum atomic E-state index is 12.6. The van der Waals surface area contributed by atoms with Gasteiger partial charge in [0, 0.05) is 18.3 Å².